The zero-order valence-corrected chi connectivity index (χ0v) is 46.8. The van der Waals surface area contributed by atoms with Crippen LogP contribution in [0, 0.1) is 39.4 Å². The minimum Gasteiger partial charge on any atom is -0.461 e. The molecule has 8 fully saturated rings. The van der Waals surface area contributed by atoms with E-state index in [1.54, 1.807) is 13.8 Å². The van der Waals surface area contributed by atoms with Crippen LogP contribution in [0.4, 0.5) is 0 Å². The van der Waals surface area contributed by atoms with Gasteiger partial charge in [0.2, 0.25) is 0 Å². The van der Waals surface area contributed by atoms with Crippen molar-refractivity contribution in [2.45, 2.75) is 234 Å². The second kappa shape index (κ2) is 22.5. The lowest BCUT2D eigenvalue weighted by molar-refractivity contribution is -0.380. The van der Waals surface area contributed by atoms with Crippen molar-refractivity contribution < 1.29 is 120 Å². The molecule has 0 aromatic heterocycles. The Morgan fingerprint density at radius 1 is 0.823 bits per heavy atom. The standard InChI is InChI=1S/C53H84O25S/c1-22(2)26(55)13-16-52(8,64)43-27-18-51(7)25-10-11-31-49(4,5)32(14-15-50(31,6)24(25)12-17-53(43,51)48(63)74-27)75-47-42(35(58)30(21-70-47)78-79(65,66)67)77-45-38(61)36(59)40(23(3)71-45)76-44-37(60)33(56)29(20-69-44)73-46-39(62)41(68-9)34(57)28(19-54)72-46/h10,23-24,26-47,54-62,64H,1,11-21H2,2-9H3,(H,65,66,67)/t23-,24-,26?,27+,28-,29-,30-,31+,32+,33+,34-,35+,36-,37-,38-,39-,40-,41+,42-,43-,44+,45+,46+,47+,50-,51+,52+,53-/m1/s1. The van der Waals surface area contributed by atoms with E-state index in [1.165, 1.54) is 19.6 Å². The summed E-state index contributed by atoms with van der Waals surface area (Å²) in [7, 11) is -3.93. The van der Waals surface area contributed by atoms with Crippen LogP contribution in [0.1, 0.15) is 99.8 Å². The number of ether oxygens (including phenoxy) is 10. The number of allylic oxidation sites excluding steroid dienone is 2. The molecule has 4 aliphatic carbocycles. The third-order valence-corrected chi connectivity index (χ3v) is 20.6. The first-order valence-corrected chi connectivity index (χ1v) is 28.9. The van der Waals surface area contributed by atoms with Crippen LogP contribution in [-0.4, -0.2) is 231 Å². The topological polar surface area (TPSA) is 375 Å². The molecule has 9 rings (SSSR count). The van der Waals surface area contributed by atoms with Gasteiger partial charge >= 0.3 is 16.4 Å². The van der Waals surface area contributed by atoms with Gasteiger partial charge in [-0.25, -0.2) is 4.18 Å². The molecular formula is C53H84O25S. The Hall–Kier alpha value is -1.94. The summed E-state index contributed by atoms with van der Waals surface area (Å²) in [5, 5.41) is 111. The van der Waals surface area contributed by atoms with E-state index >= 15 is 0 Å². The zero-order valence-electron chi connectivity index (χ0n) is 46.0. The molecule has 1 unspecified atom stereocenters. The van der Waals surface area contributed by atoms with Crippen LogP contribution < -0.4 is 0 Å². The van der Waals surface area contributed by atoms with E-state index in [-0.39, 0.29) is 29.6 Å². The Balaban J connectivity index is 0.877. The summed E-state index contributed by atoms with van der Waals surface area (Å²) >= 11 is 0. The predicted octanol–water partition coefficient (Wildman–Crippen LogP) is -0.980. The van der Waals surface area contributed by atoms with Crippen molar-refractivity contribution in [2.75, 3.05) is 26.9 Å². The summed E-state index contributed by atoms with van der Waals surface area (Å²) in [5.41, 5.74) is -1.95. The molecule has 0 aromatic carbocycles. The molecule has 5 saturated heterocycles. The smallest absolute Gasteiger partial charge is 0.397 e. The highest BCUT2D eigenvalue weighted by atomic mass is 32.3. The Morgan fingerprint density at radius 3 is 2.13 bits per heavy atom. The summed E-state index contributed by atoms with van der Waals surface area (Å²) < 4.78 is 97.4. The first-order valence-electron chi connectivity index (χ1n) is 27.6. The Labute approximate surface area is 459 Å². The number of aliphatic hydroxyl groups is 10. The monoisotopic (exact) mass is 1150 g/mol. The molecule has 11 N–H and O–H groups in total. The molecule has 1 spiro atoms. The number of rotatable bonds is 17. The van der Waals surface area contributed by atoms with E-state index in [0.717, 1.165) is 0 Å². The molecule has 0 aromatic rings. The van der Waals surface area contributed by atoms with E-state index in [1.807, 2.05) is 0 Å². The maximum absolute atomic E-state index is 14.2. The molecule has 3 saturated carbocycles. The average Bonchev–Trinajstić information content (AvgIpc) is 4.02. The van der Waals surface area contributed by atoms with Crippen LogP contribution in [0.15, 0.2) is 23.8 Å². The van der Waals surface area contributed by atoms with Crippen molar-refractivity contribution in [1.82, 2.24) is 0 Å². The number of hydrogen-bond donors (Lipinski definition) is 11. The van der Waals surface area contributed by atoms with Gasteiger partial charge in [-0.15, -0.1) is 0 Å². The van der Waals surface area contributed by atoms with Gasteiger partial charge in [-0.3, -0.25) is 9.35 Å². The fourth-order valence-corrected chi connectivity index (χ4v) is 16.4. The van der Waals surface area contributed by atoms with E-state index in [0.29, 0.717) is 50.5 Å². The van der Waals surface area contributed by atoms with Gasteiger partial charge in [0, 0.05) is 18.4 Å². The molecule has 28 atom stereocenters. The van der Waals surface area contributed by atoms with Crippen molar-refractivity contribution in [3.8, 4) is 0 Å². The highest BCUT2D eigenvalue weighted by molar-refractivity contribution is 7.80. The SMILES string of the molecule is C=C(C)C(O)CC[C@](C)(O)[C@H]1[C@@H]2C[C@@]3(C)C4=CC[C@H]5C(C)(C)[C@@H](O[C@@H]6OC[C@@H](OS(=O)(=O)O)[C@H](O)[C@H]6O[C@@H]6O[C@H](C)[C@@H](O[C@@H]7OC[C@@H](O[C@@H]8O[C@H](CO)[C@@H](O)[C@H](OC)[C@H]8O)[C@H](O)[C@H]7O)[C@H](O)[C@H]6O)CC[C@]5(C)[C@@H]4CC[C@]13C(=O)O2. The van der Waals surface area contributed by atoms with Crippen LogP contribution >= 0.6 is 0 Å². The van der Waals surface area contributed by atoms with Crippen molar-refractivity contribution >= 4 is 16.4 Å². The quantitative estimate of drug-likeness (QED) is 0.0474. The molecule has 25 nitrogen and oxygen atoms in total. The van der Waals surface area contributed by atoms with E-state index in [4.69, 9.17) is 51.6 Å². The average molecular weight is 1150 g/mol. The molecule has 452 valence electrons. The maximum atomic E-state index is 14.2. The lowest BCUT2D eigenvalue weighted by Gasteiger charge is -2.64. The second-order valence-electron chi connectivity index (χ2n) is 25.1. The summed E-state index contributed by atoms with van der Waals surface area (Å²) in [6.45, 7) is 15.7. The van der Waals surface area contributed by atoms with Crippen LogP contribution in [0.5, 0.6) is 0 Å². The summed E-state index contributed by atoms with van der Waals surface area (Å²) in [5.74, 6) is -0.688. The molecule has 9 aliphatic rings. The van der Waals surface area contributed by atoms with Gasteiger partial charge in [-0.1, -0.05) is 51.5 Å². The Kier molecular flexibility index (Phi) is 17.5. The van der Waals surface area contributed by atoms with Crippen LogP contribution in [0.25, 0.3) is 0 Å². The van der Waals surface area contributed by atoms with E-state index in [2.05, 4.69) is 40.3 Å². The van der Waals surface area contributed by atoms with Gasteiger partial charge in [0.25, 0.3) is 0 Å². The third kappa shape index (κ3) is 10.6. The number of esters is 1. The lowest BCUT2D eigenvalue weighted by atomic mass is 9.40. The highest BCUT2D eigenvalue weighted by Gasteiger charge is 2.79. The summed E-state index contributed by atoms with van der Waals surface area (Å²) in [6.07, 6.45) is -24.1. The Bertz CT molecular complexity index is 2360. The molecule has 2 bridgehead atoms. The minimum absolute atomic E-state index is 0.00132. The number of methoxy groups -OCH3 is 1. The van der Waals surface area contributed by atoms with Gasteiger partial charge in [0.15, 0.2) is 25.2 Å². The van der Waals surface area contributed by atoms with Gasteiger partial charge < -0.3 is 98.4 Å². The fraction of sp³-hybridized carbons (Fsp3) is 0.906. The van der Waals surface area contributed by atoms with Gasteiger partial charge in [-0.05, 0) is 94.8 Å². The molecule has 5 aliphatic heterocycles. The summed E-state index contributed by atoms with van der Waals surface area (Å²) in [4.78, 5) is 14.2. The molecule has 26 heteroatoms. The summed E-state index contributed by atoms with van der Waals surface area (Å²) in [6, 6.07) is 0. The number of fused-ring (bicyclic) bond motifs is 5. The first-order chi connectivity index (χ1) is 36.9. The van der Waals surface area contributed by atoms with Crippen molar-refractivity contribution in [2.24, 2.45) is 39.4 Å². The highest BCUT2D eigenvalue weighted by Crippen LogP contribution is 2.76. The van der Waals surface area contributed by atoms with Crippen molar-refractivity contribution in [3.05, 3.63) is 23.8 Å². The predicted molar refractivity (Wildman–Crippen MR) is 268 cm³/mol. The lowest BCUT2D eigenvalue weighted by Crippen LogP contribution is -2.65. The van der Waals surface area contributed by atoms with Crippen molar-refractivity contribution in [1.29, 1.82) is 0 Å². The van der Waals surface area contributed by atoms with E-state index < -0.39 is 187 Å². The van der Waals surface area contributed by atoms with Crippen LogP contribution in [-0.2, 0) is 66.7 Å². The number of hydrogen-bond acceptors (Lipinski definition) is 24. The van der Waals surface area contributed by atoms with Crippen LogP contribution in [0.2, 0.25) is 0 Å². The van der Waals surface area contributed by atoms with Gasteiger partial charge in [0.1, 0.15) is 85.5 Å². The molecular weight excluding hydrogens is 1070 g/mol. The Morgan fingerprint density at radius 2 is 1.47 bits per heavy atom. The maximum Gasteiger partial charge on any atom is 0.397 e. The number of carbonyl (C=O) groups excluding carboxylic acids is 1. The van der Waals surface area contributed by atoms with Gasteiger partial charge in [0.05, 0.1) is 49.1 Å². The molecule has 0 radical (unpaired) electrons. The number of aliphatic hydroxyl groups excluding tert-OH is 9. The molecule has 5 heterocycles. The van der Waals surface area contributed by atoms with Crippen LogP contribution in [0.3, 0.4) is 0 Å². The zero-order chi connectivity index (χ0) is 57.9. The normalized spacial score (nSPS) is 49.8. The molecule has 0 amide bonds. The third-order valence-electron chi connectivity index (χ3n) is 20.1. The van der Waals surface area contributed by atoms with E-state index in [9.17, 15) is 68.8 Å². The minimum atomic E-state index is -5.15. The second-order valence-corrected chi connectivity index (χ2v) is 26.2. The van der Waals surface area contributed by atoms with Gasteiger partial charge in [-0.2, -0.15) is 8.42 Å². The largest absolute Gasteiger partial charge is 0.461 e. The van der Waals surface area contributed by atoms with Crippen molar-refractivity contribution in [3.63, 3.8) is 0 Å². The number of carbonyl (C=O) groups is 1. The molecule has 79 heavy (non-hydrogen) atoms. The first kappa shape index (κ1) is 61.6. The fourth-order valence-electron chi connectivity index (χ4n) is 15.9.